The third-order valence-electron chi connectivity index (χ3n) is 2.73. The first kappa shape index (κ1) is 11.9. The van der Waals surface area contributed by atoms with E-state index in [1.807, 2.05) is 30.3 Å². The van der Waals surface area contributed by atoms with Crippen molar-refractivity contribution in [2.24, 2.45) is 5.92 Å². The number of carbonyl (C=O) groups is 1. The maximum Gasteiger partial charge on any atom is 0.310 e. The van der Waals surface area contributed by atoms with E-state index < -0.39 is 0 Å². The molecule has 0 aliphatic carbocycles. The first-order valence-electron chi connectivity index (χ1n) is 5.91. The van der Waals surface area contributed by atoms with Crippen LogP contribution in [-0.2, 0) is 9.53 Å². The number of rotatable bonds is 5. The molecule has 0 radical (unpaired) electrons. The van der Waals surface area contributed by atoms with Crippen molar-refractivity contribution >= 4 is 5.97 Å². The lowest BCUT2D eigenvalue weighted by molar-refractivity contribution is -0.148. The Morgan fingerprint density at radius 3 is 2.82 bits per heavy atom. The molecule has 1 saturated heterocycles. The molecule has 1 aliphatic rings. The first-order chi connectivity index (χ1) is 8.36. The number of nitrogens with one attached hydrogen (secondary N) is 1. The van der Waals surface area contributed by atoms with Gasteiger partial charge in [-0.05, 0) is 25.1 Å². The summed E-state index contributed by atoms with van der Waals surface area (Å²) in [6.45, 7) is 2.35. The summed E-state index contributed by atoms with van der Waals surface area (Å²) in [6.07, 6.45) is 0.873. The fourth-order valence-electron chi connectivity index (χ4n) is 1.79. The van der Waals surface area contributed by atoms with Gasteiger partial charge >= 0.3 is 5.97 Å². The van der Waals surface area contributed by atoms with Gasteiger partial charge in [0.2, 0.25) is 0 Å². The molecule has 0 aromatic heterocycles. The standard InChI is InChI=1S/C13H17NO3/c15-13(11-6-7-14-10-11)17-9-8-16-12-4-2-1-3-5-12/h1-5,11,14H,6-10H2. The monoisotopic (exact) mass is 235 g/mol. The third kappa shape index (κ3) is 3.75. The van der Waals surface area contributed by atoms with Crippen molar-refractivity contribution in [3.8, 4) is 5.75 Å². The quantitative estimate of drug-likeness (QED) is 0.615. The zero-order chi connectivity index (χ0) is 11.9. The van der Waals surface area contributed by atoms with Gasteiger partial charge < -0.3 is 14.8 Å². The second kappa shape index (κ2) is 6.25. The van der Waals surface area contributed by atoms with Gasteiger partial charge in [-0.2, -0.15) is 0 Å². The topological polar surface area (TPSA) is 47.6 Å². The van der Waals surface area contributed by atoms with Crippen molar-refractivity contribution in [3.63, 3.8) is 0 Å². The number of benzene rings is 1. The SMILES string of the molecule is O=C(OCCOc1ccccc1)C1CCNC1. The van der Waals surface area contributed by atoms with Gasteiger partial charge in [0.05, 0.1) is 5.92 Å². The van der Waals surface area contributed by atoms with Gasteiger partial charge in [0.1, 0.15) is 19.0 Å². The lowest BCUT2D eigenvalue weighted by Crippen LogP contribution is -2.22. The maximum atomic E-state index is 11.5. The molecule has 0 bridgehead atoms. The molecule has 1 aliphatic heterocycles. The molecule has 17 heavy (non-hydrogen) atoms. The largest absolute Gasteiger partial charge is 0.490 e. The van der Waals surface area contributed by atoms with Crippen LogP contribution in [0.3, 0.4) is 0 Å². The van der Waals surface area contributed by atoms with Crippen LogP contribution in [0.2, 0.25) is 0 Å². The van der Waals surface area contributed by atoms with Gasteiger partial charge in [-0.15, -0.1) is 0 Å². The molecule has 0 spiro atoms. The molecule has 1 aromatic rings. The second-order valence-electron chi connectivity index (χ2n) is 4.02. The van der Waals surface area contributed by atoms with Gasteiger partial charge in [-0.1, -0.05) is 18.2 Å². The van der Waals surface area contributed by atoms with Crippen LogP contribution in [0.4, 0.5) is 0 Å². The van der Waals surface area contributed by atoms with Crippen molar-refractivity contribution in [2.75, 3.05) is 26.3 Å². The Bertz CT molecular complexity index is 347. The highest BCUT2D eigenvalue weighted by molar-refractivity contribution is 5.73. The highest BCUT2D eigenvalue weighted by Crippen LogP contribution is 2.10. The van der Waals surface area contributed by atoms with Crippen LogP contribution >= 0.6 is 0 Å². The van der Waals surface area contributed by atoms with E-state index in [0.717, 1.165) is 25.3 Å². The van der Waals surface area contributed by atoms with Gasteiger partial charge in [0.25, 0.3) is 0 Å². The lowest BCUT2D eigenvalue weighted by Gasteiger charge is -2.10. The first-order valence-corrected chi connectivity index (χ1v) is 5.91. The van der Waals surface area contributed by atoms with E-state index in [2.05, 4.69) is 5.32 Å². The Labute approximate surface area is 101 Å². The predicted octanol–water partition coefficient (Wildman–Crippen LogP) is 1.22. The van der Waals surface area contributed by atoms with Crippen LogP contribution in [0.15, 0.2) is 30.3 Å². The average Bonchev–Trinajstić information content (AvgIpc) is 2.89. The van der Waals surface area contributed by atoms with E-state index in [9.17, 15) is 4.79 Å². The summed E-state index contributed by atoms with van der Waals surface area (Å²) in [4.78, 5) is 11.5. The predicted molar refractivity (Wildman–Crippen MR) is 63.9 cm³/mol. The van der Waals surface area contributed by atoms with E-state index in [1.165, 1.54) is 0 Å². The van der Waals surface area contributed by atoms with Crippen LogP contribution in [0.1, 0.15) is 6.42 Å². The number of para-hydroxylation sites is 1. The Kier molecular flexibility index (Phi) is 4.38. The zero-order valence-corrected chi connectivity index (χ0v) is 9.72. The molecule has 4 nitrogen and oxygen atoms in total. The zero-order valence-electron chi connectivity index (χ0n) is 9.72. The van der Waals surface area contributed by atoms with Gasteiger partial charge in [-0.25, -0.2) is 0 Å². The van der Waals surface area contributed by atoms with E-state index >= 15 is 0 Å². The number of hydrogen-bond acceptors (Lipinski definition) is 4. The van der Waals surface area contributed by atoms with Crippen molar-refractivity contribution < 1.29 is 14.3 Å². The molecule has 1 fully saturated rings. The van der Waals surface area contributed by atoms with E-state index in [-0.39, 0.29) is 11.9 Å². The summed E-state index contributed by atoms with van der Waals surface area (Å²) in [6, 6.07) is 9.50. The number of ether oxygens (including phenoxy) is 2. The number of carbonyl (C=O) groups excluding carboxylic acids is 1. The fourth-order valence-corrected chi connectivity index (χ4v) is 1.79. The van der Waals surface area contributed by atoms with Crippen LogP contribution < -0.4 is 10.1 Å². The van der Waals surface area contributed by atoms with Crippen LogP contribution in [-0.4, -0.2) is 32.3 Å². The summed E-state index contributed by atoms with van der Waals surface area (Å²) in [7, 11) is 0. The summed E-state index contributed by atoms with van der Waals surface area (Å²) in [5.41, 5.74) is 0. The minimum Gasteiger partial charge on any atom is -0.490 e. The lowest BCUT2D eigenvalue weighted by atomic mass is 10.1. The molecule has 0 amide bonds. The number of esters is 1. The number of hydrogen-bond donors (Lipinski definition) is 1. The van der Waals surface area contributed by atoms with Crippen molar-refractivity contribution in [2.45, 2.75) is 6.42 Å². The minimum atomic E-state index is -0.119. The molecular weight excluding hydrogens is 218 g/mol. The highest BCUT2D eigenvalue weighted by Gasteiger charge is 2.23. The van der Waals surface area contributed by atoms with E-state index in [1.54, 1.807) is 0 Å². The maximum absolute atomic E-state index is 11.5. The Balaban J connectivity index is 1.61. The summed E-state index contributed by atoms with van der Waals surface area (Å²) in [5, 5.41) is 3.14. The van der Waals surface area contributed by atoms with Gasteiger partial charge in [0.15, 0.2) is 0 Å². The molecule has 1 atom stereocenters. The Morgan fingerprint density at radius 2 is 2.12 bits per heavy atom. The van der Waals surface area contributed by atoms with E-state index in [4.69, 9.17) is 9.47 Å². The summed E-state index contributed by atoms with van der Waals surface area (Å²) in [5.74, 6) is 0.699. The molecule has 4 heteroatoms. The van der Waals surface area contributed by atoms with Gasteiger partial charge in [0, 0.05) is 6.54 Å². The van der Waals surface area contributed by atoms with Crippen molar-refractivity contribution in [1.29, 1.82) is 0 Å². The van der Waals surface area contributed by atoms with Crippen LogP contribution in [0.5, 0.6) is 5.75 Å². The van der Waals surface area contributed by atoms with Gasteiger partial charge in [-0.3, -0.25) is 4.79 Å². The molecule has 1 aromatic carbocycles. The molecule has 1 heterocycles. The molecule has 0 saturated carbocycles. The molecular formula is C13H17NO3. The minimum absolute atomic E-state index is 0.0201. The Hall–Kier alpha value is -1.55. The molecule has 1 N–H and O–H groups in total. The molecule has 2 rings (SSSR count). The normalized spacial score (nSPS) is 18.9. The summed E-state index contributed by atoms with van der Waals surface area (Å²) >= 11 is 0. The molecule has 1 unspecified atom stereocenters. The van der Waals surface area contributed by atoms with Crippen LogP contribution in [0.25, 0.3) is 0 Å². The summed E-state index contributed by atoms with van der Waals surface area (Å²) < 4.78 is 10.6. The fraction of sp³-hybridized carbons (Fsp3) is 0.462. The van der Waals surface area contributed by atoms with Crippen molar-refractivity contribution in [3.05, 3.63) is 30.3 Å². The van der Waals surface area contributed by atoms with Crippen molar-refractivity contribution in [1.82, 2.24) is 5.32 Å². The van der Waals surface area contributed by atoms with E-state index in [0.29, 0.717) is 13.2 Å². The third-order valence-corrected chi connectivity index (χ3v) is 2.73. The highest BCUT2D eigenvalue weighted by atomic mass is 16.6. The smallest absolute Gasteiger partial charge is 0.310 e. The second-order valence-corrected chi connectivity index (χ2v) is 4.02. The van der Waals surface area contributed by atoms with Crippen LogP contribution in [0, 0.1) is 5.92 Å². The Morgan fingerprint density at radius 1 is 1.29 bits per heavy atom. The average molecular weight is 235 g/mol. The molecule has 92 valence electrons.